The number of nitrogens with one attached hydrogen (secondary N) is 3. The Morgan fingerprint density at radius 1 is 1.11 bits per heavy atom. The third kappa shape index (κ3) is 4.34. The van der Waals surface area contributed by atoms with E-state index in [0.717, 1.165) is 28.3 Å². The van der Waals surface area contributed by atoms with Gasteiger partial charge in [0.25, 0.3) is 5.91 Å². The lowest BCUT2D eigenvalue weighted by atomic mass is 9.94. The summed E-state index contributed by atoms with van der Waals surface area (Å²) in [5, 5.41) is 9.79. The number of allylic oxidation sites excluding steroid dienone is 1. The molecule has 1 amide bonds. The van der Waals surface area contributed by atoms with Gasteiger partial charge in [0.1, 0.15) is 5.75 Å². The molecule has 6 heteroatoms. The van der Waals surface area contributed by atoms with Gasteiger partial charge < -0.3 is 20.7 Å². The minimum Gasteiger partial charge on any atom is -0.494 e. The molecular formula is C22H25N3O2S. The number of thiocarbonyl (C=S) groups is 1. The number of hydrogen-bond donors (Lipinski definition) is 3. The molecule has 0 saturated carbocycles. The molecule has 0 bridgehead atoms. The largest absolute Gasteiger partial charge is 0.494 e. The summed E-state index contributed by atoms with van der Waals surface area (Å²) < 4.78 is 5.51. The molecule has 2 aromatic carbocycles. The molecule has 0 aliphatic carbocycles. The highest BCUT2D eigenvalue weighted by molar-refractivity contribution is 7.80. The van der Waals surface area contributed by atoms with E-state index in [1.54, 1.807) is 0 Å². The van der Waals surface area contributed by atoms with Crippen LogP contribution in [0, 0.1) is 13.8 Å². The van der Waals surface area contributed by atoms with Gasteiger partial charge in [0.05, 0.1) is 18.2 Å². The van der Waals surface area contributed by atoms with E-state index in [9.17, 15) is 4.79 Å². The van der Waals surface area contributed by atoms with Gasteiger partial charge >= 0.3 is 0 Å². The van der Waals surface area contributed by atoms with E-state index in [2.05, 4.69) is 16.0 Å². The summed E-state index contributed by atoms with van der Waals surface area (Å²) >= 11 is 5.32. The van der Waals surface area contributed by atoms with Crippen molar-refractivity contribution in [2.45, 2.75) is 33.7 Å². The van der Waals surface area contributed by atoms with E-state index in [1.807, 2.05) is 70.2 Å². The maximum Gasteiger partial charge on any atom is 0.255 e. The zero-order valence-electron chi connectivity index (χ0n) is 16.6. The van der Waals surface area contributed by atoms with Crippen LogP contribution in [0.2, 0.25) is 0 Å². The predicted molar refractivity (Wildman–Crippen MR) is 116 cm³/mol. The SMILES string of the molecule is CCOc1ccc([C@@H]2NC(=S)NC(C)=C2C(=O)Nc2ccc(C)c(C)c2)cc1. The van der Waals surface area contributed by atoms with Gasteiger partial charge in [-0.3, -0.25) is 4.79 Å². The first-order valence-corrected chi connectivity index (χ1v) is 9.69. The quantitative estimate of drug-likeness (QED) is 0.665. The molecule has 146 valence electrons. The molecular weight excluding hydrogens is 370 g/mol. The molecule has 3 N–H and O–H groups in total. The monoisotopic (exact) mass is 395 g/mol. The average molecular weight is 396 g/mol. The third-order valence-electron chi connectivity index (χ3n) is 4.80. The first kappa shape index (κ1) is 19.9. The second kappa shape index (κ2) is 8.44. The summed E-state index contributed by atoms with van der Waals surface area (Å²) in [5.41, 5.74) is 5.38. The van der Waals surface area contributed by atoms with Crippen molar-refractivity contribution in [2.75, 3.05) is 11.9 Å². The van der Waals surface area contributed by atoms with Gasteiger partial charge in [-0.25, -0.2) is 0 Å². The van der Waals surface area contributed by atoms with Crippen LogP contribution in [0.15, 0.2) is 53.7 Å². The smallest absolute Gasteiger partial charge is 0.255 e. The van der Waals surface area contributed by atoms with Crippen molar-refractivity contribution in [3.63, 3.8) is 0 Å². The third-order valence-corrected chi connectivity index (χ3v) is 5.02. The highest BCUT2D eigenvalue weighted by Gasteiger charge is 2.30. The molecule has 1 atom stereocenters. The van der Waals surface area contributed by atoms with Gasteiger partial charge in [-0.1, -0.05) is 18.2 Å². The number of carbonyl (C=O) groups excluding carboxylic acids is 1. The van der Waals surface area contributed by atoms with E-state index < -0.39 is 0 Å². The minimum absolute atomic E-state index is 0.165. The van der Waals surface area contributed by atoms with E-state index in [-0.39, 0.29) is 11.9 Å². The van der Waals surface area contributed by atoms with Crippen LogP contribution >= 0.6 is 12.2 Å². The Morgan fingerprint density at radius 2 is 1.82 bits per heavy atom. The number of benzene rings is 2. The highest BCUT2D eigenvalue weighted by Crippen LogP contribution is 2.29. The molecule has 2 aromatic rings. The summed E-state index contributed by atoms with van der Waals surface area (Å²) in [4.78, 5) is 13.1. The van der Waals surface area contributed by atoms with Crippen LogP contribution < -0.4 is 20.7 Å². The number of amides is 1. The fourth-order valence-corrected chi connectivity index (χ4v) is 3.46. The van der Waals surface area contributed by atoms with Gasteiger partial charge in [-0.2, -0.15) is 0 Å². The van der Waals surface area contributed by atoms with E-state index in [1.165, 1.54) is 5.56 Å². The van der Waals surface area contributed by atoms with Crippen molar-refractivity contribution in [3.05, 3.63) is 70.4 Å². The van der Waals surface area contributed by atoms with Crippen LogP contribution in [-0.4, -0.2) is 17.6 Å². The Bertz CT molecular complexity index is 935. The Hall–Kier alpha value is -2.86. The molecule has 0 unspecified atom stereocenters. The first-order chi connectivity index (χ1) is 13.4. The lowest BCUT2D eigenvalue weighted by Gasteiger charge is -2.30. The predicted octanol–water partition coefficient (Wildman–Crippen LogP) is 4.13. The van der Waals surface area contributed by atoms with Crippen molar-refractivity contribution in [2.24, 2.45) is 0 Å². The van der Waals surface area contributed by atoms with Crippen molar-refractivity contribution in [3.8, 4) is 5.75 Å². The Balaban J connectivity index is 1.90. The summed E-state index contributed by atoms with van der Waals surface area (Å²) in [7, 11) is 0. The molecule has 1 aliphatic rings. The number of rotatable bonds is 5. The highest BCUT2D eigenvalue weighted by atomic mass is 32.1. The summed E-state index contributed by atoms with van der Waals surface area (Å²) in [6.45, 7) is 8.50. The Morgan fingerprint density at radius 3 is 2.46 bits per heavy atom. The number of aryl methyl sites for hydroxylation is 2. The van der Waals surface area contributed by atoms with Crippen LogP contribution in [0.25, 0.3) is 0 Å². The van der Waals surface area contributed by atoms with Crippen LogP contribution in [0.4, 0.5) is 5.69 Å². The molecule has 1 heterocycles. The Labute approximate surface area is 171 Å². The number of anilines is 1. The second-order valence-electron chi connectivity index (χ2n) is 6.83. The maximum atomic E-state index is 13.1. The first-order valence-electron chi connectivity index (χ1n) is 9.28. The molecule has 5 nitrogen and oxygen atoms in total. The standard InChI is InChI=1S/C22H25N3O2S/c1-5-27-18-10-7-16(8-11-18)20-19(15(4)23-22(28)25-20)21(26)24-17-9-6-13(2)14(3)12-17/h6-12,20H,5H2,1-4H3,(H,24,26)(H2,23,25,28)/t20-/m0/s1. The van der Waals surface area contributed by atoms with Crippen molar-refractivity contribution >= 4 is 28.9 Å². The summed E-state index contributed by atoms with van der Waals surface area (Å²) in [5.74, 6) is 0.631. The van der Waals surface area contributed by atoms with Crippen molar-refractivity contribution < 1.29 is 9.53 Å². The molecule has 0 fully saturated rings. The van der Waals surface area contributed by atoms with E-state index in [0.29, 0.717) is 17.3 Å². The summed E-state index contributed by atoms with van der Waals surface area (Å²) in [6.07, 6.45) is 0. The van der Waals surface area contributed by atoms with Crippen LogP contribution in [0.5, 0.6) is 5.75 Å². The van der Waals surface area contributed by atoms with Gasteiger partial charge in [0, 0.05) is 11.4 Å². The van der Waals surface area contributed by atoms with Gasteiger partial charge in [-0.15, -0.1) is 0 Å². The number of hydrogen-bond acceptors (Lipinski definition) is 3. The lowest BCUT2D eigenvalue weighted by Crippen LogP contribution is -2.45. The molecule has 0 radical (unpaired) electrons. The molecule has 3 rings (SSSR count). The van der Waals surface area contributed by atoms with Crippen LogP contribution in [-0.2, 0) is 4.79 Å². The van der Waals surface area contributed by atoms with Crippen LogP contribution in [0.3, 0.4) is 0 Å². The van der Waals surface area contributed by atoms with Crippen molar-refractivity contribution in [1.29, 1.82) is 0 Å². The molecule has 0 saturated heterocycles. The average Bonchev–Trinajstić information content (AvgIpc) is 2.65. The van der Waals surface area contributed by atoms with Gasteiger partial charge in [0.15, 0.2) is 5.11 Å². The fourth-order valence-electron chi connectivity index (χ4n) is 3.19. The zero-order chi connectivity index (χ0) is 20.3. The van der Waals surface area contributed by atoms with Gasteiger partial charge in [0.2, 0.25) is 0 Å². The molecule has 0 aromatic heterocycles. The number of ether oxygens (including phenoxy) is 1. The molecule has 28 heavy (non-hydrogen) atoms. The van der Waals surface area contributed by atoms with E-state index in [4.69, 9.17) is 17.0 Å². The molecule has 0 spiro atoms. The second-order valence-corrected chi connectivity index (χ2v) is 7.23. The zero-order valence-corrected chi connectivity index (χ0v) is 17.4. The van der Waals surface area contributed by atoms with Crippen LogP contribution in [0.1, 0.15) is 36.6 Å². The number of carbonyl (C=O) groups is 1. The Kier molecular flexibility index (Phi) is 5.99. The normalized spacial score (nSPS) is 16.3. The van der Waals surface area contributed by atoms with E-state index >= 15 is 0 Å². The summed E-state index contributed by atoms with van der Waals surface area (Å²) in [6, 6.07) is 13.3. The maximum absolute atomic E-state index is 13.1. The minimum atomic E-state index is -0.337. The lowest BCUT2D eigenvalue weighted by molar-refractivity contribution is -0.113. The van der Waals surface area contributed by atoms with Gasteiger partial charge in [-0.05, 0) is 80.9 Å². The fraction of sp³-hybridized carbons (Fsp3) is 0.273. The topological polar surface area (TPSA) is 62.4 Å². The molecule has 1 aliphatic heterocycles. The van der Waals surface area contributed by atoms with Crippen molar-refractivity contribution in [1.82, 2.24) is 10.6 Å².